The number of rotatable bonds is 6. The van der Waals surface area contributed by atoms with Crippen molar-refractivity contribution in [3.63, 3.8) is 0 Å². The van der Waals surface area contributed by atoms with E-state index in [4.69, 9.17) is 0 Å². The molecule has 0 fully saturated rings. The predicted molar refractivity (Wildman–Crippen MR) is 132 cm³/mol. The average Bonchev–Trinajstić information content (AvgIpc) is 2.68. The van der Waals surface area contributed by atoms with E-state index < -0.39 is 0 Å². The van der Waals surface area contributed by atoms with Crippen molar-refractivity contribution in [1.82, 2.24) is 0 Å². The fraction of sp³-hybridized carbons (Fsp3) is 0.750. The van der Waals surface area contributed by atoms with E-state index in [1.165, 1.54) is 38.5 Å². The van der Waals surface area contributed by atoms with Gasteiger partial charge in [0, 0.05) is 39.0 Å². The van der Waals surface area contributed by atoms with Crippen LogP contribution in [0.3, 0.4) is 0 Å². The van der Waals surface area contributed by atoms with Crippen molar-refractivity contribution in [2.45, 2.75) is 119 Å². The van der Waals surface area contributed by atoms with E-state index in [0.29, 0.717) is 0 Å². The standard InChI is InChI=1S/6C4H9.H2S.2Zn/c6*1-3-4-2;;;/h6*1,3-4H2,2H3;1H2;;/q6*-1;;;. The molecule has 0 unspecified atom stereocenters. The second kappa shape index (κ2) is 106. The molecule has 0 aromatic heterocycles. The molecule has 0 N–H and O–H groups in total. The van der Waals surface area contributed by atoms with E-state index in [0.717, 1.165) is 38.5 Å². The molecular formula is C24H56SZn2-6. The first-order chi connectivity index (χ1) is 11.5. The molecule has 0 nitrogen and oxygen atoms in total. The van der Waals surface area contributed by atoms with E-state index in [9.17, 15) is 0 Å². The van der Waals surface area contributed by atoms with Crippen LogP contribution in [0.1, 0.15) is 119 Å². The van der Waals surface area contributed by atoms with Crippen molar-refractivity contribution >= 4 is 13.5 Å². The third-order valence-electron chi connectivity index (χ3n) is 2.12. The first-order valence-corrected chi connectivity index (χ1v) is 10.2. The van der Waals surface area contributed by atoms with Crippen LogP contribution in [0.4, 0.5) is 0 Å². The summed E-state index contributed by atoms with van der Waals surface area (Å²) in [5, 5.41) is 0. The summed E-state index contributed by atoms with van der Waals surface area (Å²) < 4.78 is 0. The molecule has 0 spiro atoms. The van der Waals surface area contributed by atoms with Crippen molar-refractivity contribution in [1.29, 1.82) is 0 Å². The molecule has 0 rings (SSSR count). The van der Waals surface area contributed by atoms with Gasteiger partial charge in [-0.05, 0) is 0 Å². The minimum atomic E-state index is 0. The van der Waals surface area contributed by atoms with Crippen LogP contribution in [-0.4, -0.2) is 0 Å². The van der Waals surface area contributed by atoms with Crippen LogP contribution < -0.4 is 0 Å². The number of unbranched alkanes of at least 4 members (excludes halogenated alkanes) is 6. The maximum Gasteiger partial charge on any atom is 0 e. The molecular weight excluding hydrogens is 451 g/mol. The van der Waals surface area contributed by atoms with E-state index >= 15 is 0 Å². The van der Waals surface area contributed by atoms with E-state index in [2.05, 4.69) is 83.1 Å². The Morgan fingerprint density at radius 3 is 0.370 bits per heavy atom. The van der Waals surface area contributed by atoms with Gasteiger partial charge in [0.05, 0.1) is 0 Å². The maximum atomic E-state index is 3.60. The Morgan fingerprint density at radius 2 is 0.370 bits per heavy atom. The van der Waals surface area contributed by atoms with Crippen LogP contribution in [0, 0.1) is 41.5 Å². The normalized spacial score (nSPS) is 6.67. The summed E-state index contributed by atoms with van der Waals surface area (Å²) in [4.78, 5) is 0. The Hall–Kier alpha value is 1.60. The van der Waals surface area contributed by atoms with Gasteiger partial charge in [-0.15, -0.1) is 0 Å². The minimum absolute atomic E-state index is 0. The second-order valence-corrected chi connectivity index (χ2v) is 5.12. The summed E-state index contributed by atoms with van der Waals surface area (Å²) >= 11 is 0. The Morgan fingerprint density at radius 1 is 0.333 bits per heavy atom. The Balaban J connectivity index is -0.0000000201. The molecule has 0 aliphatic heterocycles. The van der Waals surface area contributed by atoms with Crippen molar-refractivity contribution in [2.24, 2.45) is 0 Å². The summed E-state index contributed by atoms with van der Waals surface area (Å²) in [5.74, 6) is 0. The van der Waals surface area contributed by atoms with Crippen LogP contribution in [-0.2, 0) is 39.0 Å². The summed E-state index contributed by atoms with van der Waals surface area (Å²) in [6.45, 7) is 34.3. The van der Waals surface area contributed by atoms with E-state index in [1.54, 1.807) is 0 Å². The molecule has 0 saturated heterocycles. The molecule has 0 aromatic carbocycles. The quantitative estimate of drug-likeness (QED) is 0.248. The zero-order chi connectivity index (χ0) is 20.5. The van der Waals surface area contributed by atoms with Crippen molar-refractivity contribution in [3.8, 4) is 0 Å². The molecule has 168 valence electrons. The van der Waals surface area contributed by atoms with Crippen LogP contribution in [0.15, 0.2) is 0 Å². The smallest absolute Gasteiger partial charge is 0 e. The molecule has 0 atom stereocenters. The van der Waals surface area contributed by atoms with Crippen molar-refractivity contribution in [3.05, 3.63) is 41.5 Å². The predicted octanol–water partition coefficient (Wildman–Crippen LogP) is 9.83. The van der Waals surface area contributed by atoms with Crippen LogP contribution in [0.5, 0.6) is 0 Å². The Kier molecular flexibility index (Phi) is 222. The molecule has 0 heterocycles. The first-order valence-electron chi connectivity index (χ1n) is 10.2. The number of hydrogen-bond donors (Lipinski definition) is 0. The summed E-state index contributed by atoms with van der Waals surface area (Å²) in [7, 11) is 0. The maximum absolute atomic E-state index is 3.60. The largest absolute Gasteiger partial charge is 0.343 e. The zero-order valence-electron chi connectivity index (χ0n) is 20.6. The van der Waals surface area contributed by atoms with Gasteiger partial charge in [-0.2, -0.15) is 52.0 Å². The zero-order valence-corrected chi connectivity index (χ0v) is 27.6. The molecule has 0 saturated carbocycles. The minimum Gasteiger partial charge on any atom is -0.343 e. The Labute approximate surface area is 211 Å². The van der Waals surface area contributed by atoms with Gasteiger partial charge in [0.2, 0.25) is 0 Å². The van der Waals surface area contributed by atoms with Gasteiger partial charge in [0.15, 0.2) is 0 Å². The Bertz CT molecular complexity index is 59.4. The molecule has 27 heavy (non-hydrogen) atoms. The van der Waals surface area contributed by atoms with Crippen molar-refractivity contribution < 1.29 is 39.0 Å². The molecule has 0 amide bonds. The monoisotopic (exact) mass is 504 g/mol. The summed E-state index contributed by atoms with van der Waals surface area (Å²) in [6, 6.07) is 0. The van der Waals surface area contributed by atoms with Crippen molar-refractivity contribution in [2.75, 3.05) is 0 Å². The third-order valence-corrected chi connectivity index (χ3v) is 2.12. The van der Waals surface area contributed by atoms with Gasteiger partial charge in [0.25, 0.3) is 0 Å². The first kappa shape index (κ1) is 56.7. The van der Waals surface area contributed by atoms with Crippen LogP contribution in [0.2, 0.25) is 0 Å². The molecule has 0 aliphatic carbocycles. The fourth-order valence-corrected chi connectivity index (χ4v) is 0. The summed E-state index contributed by atoms with van der Waals surface area (Å²) in [5.41, 5.74) is 0. The van der Waals surface area contributed by atoms with Gasteiger partial charge in [0.1, 0.15) is 0 Å². The molecule has 0 bridgehead atoms. The summed E-state index contributed by atoms with van der Waals surface area (Å²) in [6.07, 6.45) is 13.7. The molecule has 0 aromatic rings. The van der Waals surface area contributed by atoms with E-state index in [-0.39, 0.29) is 52.5 Å². The third kappa shape index (κ3) is 313. The second-order valence-electron chi connectivity index (χ2n) is 5.12. The molecule has 0 aliphatic rings. The average molecular weight is 508 g/mol. The van der Waals surface area contributed by atoms with Gasteiger partial charge in [-0.3, -0.25) is 0 Å². The topological polar surface area (TPSA) is 0 Å². The van der Waals surface area contributed by atoms with Gasteiger partial charge >= 0.3 is 0 Å². The van der Waals surface area contributed by atoms with Crippen LogP contribution in [0.25, 0.3) is 0 Å². The van der Waals surface area contributed by atoms with Gasteiger partial charge < -0.3 is 41.5 Å². The van der Waals surface area contributed by atoms with Gasteiger partial charge in [-0.1, -0.05) is 80.1 Å². The van der Waals surface area contributed by atoms with E-state index in [1.807, 2.05) is 0 Å². The molecule has 0 radical (unpaired) electrons. The SMILES string of the molecule is S.[CH2-]CCC.[CH2-]CCC.[CH2-]CCC.[CH2-]CCC.[CH2-]CCC.[CH2-]CCC.[Zn].[Zn]. The number of hydrogen-bond acceptors (Lipinski definition) is 0. The van der Waals surface area contributed by atoms with Crippen LogP contribution >= 0.6 is 13.5 Å². The molecule has 3 heteroatoms. The van der Waals surface area contributed by atoms with Gasteiger partial charge in [-0.25, -0.2) is 0 Å². The fourth-order valence-electron chi connectivity index (χ4n) is 0.